The van der Waals surface area contributed by atoms with Gasteiger partial charge in [0.15, 0.2) is 11.5 Å². The summed E-state index contributed by atoms with van der Waals surface area (Å²) >= 11 is 20.0. The van der Waals surface area contributed by atoms with Crippen LogP contribution in [0.3, 0.4) is 0 Å². The molecule has 0 saturated carbocycles. The third-order valence-electron chi connectivity index (χ3n) is 3.10. The zero-order valence-electron chi connectivity index (χ0n) is 11.7. The van der Waals surface area contributed by atoms with Gasteiger partial charge in [-0.1, -0.05) is 34.8 Å². The molecule has 2 aromatic rings. The summed E-state index contributed by atoms with van der Waals surface area (Å²) in [5, 5.41) is 3.76. The Morgan fingerprint density at radius 2 is 1.62 bits per heavy atom. The van der Waals surface area contributed by atoms with Crippen LogP contribution < -0.4 is 14.8 Å². The standard InChI is InChI=1S/C14H14Cl3NO2S/c1-18-13(8-5-12(16)21-14(8)17)7-4-10(19-2)11(20-3)6-9(7)15/h4-6,13,18H,1-3H3. The lowest BCUT2D eigenvalue weighted by molar-refractivity contribution is 0.354. The van der Waals surface area contributed by atoms with E-state index in [0.29, 0.717) is 25.2 Å². The molecule has 2 rings (SSSR count). The molecule has 0 aliphatic heterocycles. The van der Waals surface area contributed by atoms with Gasteiger partial charge in [-0.2, -0.15) is 0 Å². The summed E-state index contributed by atoms with van der Waals surface area (Å²) in [6.07, 6.45) is 0. The largest absolute Gasteiger partial charge is 0.493 e. The topological polar surface area (TPSA) is 30.5 Å². The van der Waals surface area contributed by atoms with E-state index < -0.39 is 0 Å². The molecule has 0 fully saturated rings. The van der Waals surface area contributed by atoms with Crippen molar-refractivity contribution in [1.29, 1.82) is 0 Å². The van der Waals surface area contributed by atoms with Crippen molar-refractivity contribution in [2.45, 2.75) is 6.04 Å². The van der Waals surface area contributed by atoms with E-state index in [-0.39, 0.29) is 6.04 Å². The molecule has 0 aliphatic rings. The van der Waals surface area contributed by atoms with Gasteiger partial charge in [-0.3, -0.25) is 0 Å². The maximum atomic E-state index is 6.37. The monoisotopic (exact) mass is 365 g/mol. The molecule has 1 aromatic carbocycles. The molecule has 114 valence electrons. The van der Waals surface area contributed by atoms with E-state index in [2.05, 4.69) is 5.32 Å². The molecule has 21 heavy (non-hydrogen) atoms. The Balaban J connectivity index is 2.54. The number of halogens is 3. The minimum Gasteiger partial charge on any atom is -0.493 e. The number of hydrogen-bond acceptors (Lipinski definition) is 4. The van der Waals surface area contributed by atoms with Gasteiger partial charge >= 0.3 is 0 Å². The summed E-state index contributed by atoms with van der Waals surface area (Å²) in [6.45, 7) is 0. The molecule has 1 N–H and O–H groups in total. The van der Waals surface area contributed by atoms with Crippen LogP contribution in [0.1, 0.15) is 17.2 Å². The molecule has 3 nitrogen and oxygen atoms in total. The summed E-state index contributed by atoms with van der Waals surface area (Å²) < 4.78 is 11.8. The van der Waals surface area contributed by atoms with Crippen molar-refractivity contribution in [3.05, 3.63) is 43.0 Å². The first-order chi connectivity index (χ1) is 10.0. The van der Waals surface area contributed by atoms with Gasteiger partial charge in [0.2, 0.25) is 0 Å². The smallest absolute Gasteiger partial charge is 0.162 e. The van der Waals surface area contributed by atoms with Crippen LogP contribution >= 0.6 is 46.1 Å². The number of methoxy groups -OCH3 is 2. The second-order valence-electron chi connectivity index (χ2n) is 4.23. The molecule has 0 aliphatic carbocycles. The van der Waals surface area contributed by atoms with Gasteiger partial charge in [-0.25, -0.2) is 0 Å². The first-order valence-electron chi connectivity index (χ1n) is 6.05. The molecule has 0 saturated heterocycles. The van der Waals surface area contributed by atoms with Gasteiger partial charge in [-0.15, -0.1) is 11.3 Å². The summed E-state index contributed by atoms with van der Waals surface area (Å²) in [5.41, 5.74) is 1.72. The first-order valence-corrected chi connectivity index (χ1v) is 8.00. The zero-order chi connectivity index (χ0) is 15.6. The lowest BCUT2D eigenvalue weighted by atomic mass is 10.0. The molecule has 1 heterocycles. The van der Waals surface area contributed by atoms with Crippen LogP contribution in [0.4, 0.5) is 0 Å². The minimum atomic E-state index is -0.187. The van der Waals surface area contributed by atoms with Gasteiger partial charge in [0.05, 0.1) is 28.9 Å². The van der Waals surface area contributed by atoms with E-state index in [1.807, 2.05) is 19.2 Å². The van der Waals surface area contributed by atoms with Gasteiger partial charge in [-0.05, 0) is 24.7 Å². The van der Waals surface area contributed by atoms with E-state index in [0.717, 1.165) is 11.1 Å². The molecule has 1 unspecified atom stereocenters. The van der Waals surface area contributed by atoms with Gasteiger partial charge in [0, 0.05) is 16.7 Å². The highest BCUT2D eigenvalue weighted by atomic mass is 35.5. The fraction of sp³-hybridized carbons (Fsp3) is 0.286. The highest BCUT2D eigenvalue weighted by Crippen LogP contribution is 2.42. The number of rotatable bonds is 5. The van der Waals surface area contributed by atoms with Crippen LogP contribution in [-0.2, 0) is 0 Å². The van der Waals surface area contributed by atoms with E-state index in [9.17, 15) is 0 Å². The fourth-order valence-electron chi connectivity index (χ4n) is 2.12. The number of benzene rings is 1. The van der Waals surface area contributed by atoms with Crippen molar-refractivity contribution < 1.29 is 9.47 Å². The molecule has 0 bridgehead atoms. The minimum absolute atomic E-state index is 0.187. The molecule has 0 amide bonds. The van der Waals surface area contributed by atoms with E-state index >= 15 is 0 Å². The van der Waals surface area contributed by atoms with Crippen molar-refractivity contribution in [3.8, 4) is 11.5 Å². The molecule has 1 aromatic heterocycles. The predicted molar refractivity (Wildman–Crippen MR) is 89.8 cm³/mol. The Morgan fingerprint density at radius 3 is 2.10 bits per heavy atom. The van der Waals surface area contributed by atoms with Gasteiger partial charge < -0.3 is 14.8 Å². The molecular formula is C14H14Cl3NO2S. The Bertz CT molecular complexity index is 645. The van der Waals surface area contributed by atoms with Crippen LogP contribution in [0.5, 0.6) is 11.5 Å². The average molecular weight is 367 g/mol. The van der Waals surface area contributed by atoms with E-state index in [1.54, 1.807) is 20.3 Å². The summed E-state index contributed by atoms with van der Waals surface area (Å²) in [7, 11) is 4.98. The number of nitrogens with one attached hydrogen (secondary N) is 1. The van der Waals surface area contributed by atoms with Gasteiger partial charge in [0.1, 0.15) is 0 Å². The molecule has 0 radical (unpaired) electrons. The SMILES string of the molecule is CNC(c1cc(OC)c(OC)cc1Cl)c1cc(Cl)sc1Cl. The molecule has 1 atom stereocenters. The first kappa shape index (κ1) is 16.7. The lowest BCUT2D eigenvalue weighted by Crippen LogP contribution is -2.18. The lowest BCUT2D eigenvalue weighted by Gasteiger charge is -2.20. The number of hydrogen-bond donors (Lipinski definition) is 1. The normalized spacial score (nSPS) is 12.3. The molecule has 0 spiro atoms. The second-order valence-corrected chi connectivity index (χ2v) is 6.92. The Kier molecular flexibility index (Phi) is 5.63. The maximum absolute atomic E-state index is 6.37. The van der Waals surface area contributed by atoms with E-state index in [1.165, 1.54) is 11.3 Å². The van der Waals surface area contributed by atoms with Crippen molar-refractivity contribution in [2.24, 2.45) is 0 Å². The summed E-state index contributed by atoms with van der Waals surface area (Å²) in [4.78, 5) is 0. The Hall–Kier alpha value is -0.650. The predicted octanol–water partition coefficient (Wildman–Crippen LogP) is 5.03. The van der Waals surface area contributed by atoms with Crippen LogP contribution in [0.15, 0.2) is 18.2 Å². The molecular weight excluding hydrogens is 353 g/mol. The Morgan fingerprint density at radius 1 is 1.00 bits per heavy atom. The van der Waals surface area contributed by atoms with Crippen molar-refractivity contribution >= 4 is 46.1 Å². The molecule has 7 heteroatoms. The van der Waals surface area contributed by atoms with Crippen LogP contribution in [0.25, 0.3) is 0 Å². The van der Waals surface area contributed by atoms with Crippen molar-refractivity contribution in [1.82, 2.24) is 5.32 Å². The highest BCUT2D eigenvalue weighted by Gasteiger charge is 2.22. The quantitative estimate of drug-likeness (QED) is 0.804. The fourth-order valence-corrected chi connectivity index (χ4v) is 3.91. The van der Waals surface area contributed by atoms with Crippen LogP contribution in [0.2, 0.25) is 13.7 Å². The second kappa shape index (κ2) is 7.07. The summed E-state index contributed by atoms with van der Waals surface area (Å²) in [6, 6.07) is 5.21. The maximum Gasteiger partial charge on any atom is 0.162 e. The third-order valence-corrected chi connectivity index (χ3v) is 4.94. The van der Waals surface area contributed by atoms with Crippen molar-refractivity contribution in [3.63, 3.8) is 0 Å². The number of ether oxygens (including phenoxy) is 2. The Labute approximate surface area is 142 Å². The van der Waals surface area contributed by atoms with Crippen LogP contribution in [-0.4, -0.2) is 21.3 Å². The average Bonchev–Trinajstić information content (AvgIpc) is 2.79. The zero-order valence-corrected chi connectivity index (χ0v) is 14.8. The van der Waals surface area contributed by atoms with Crippen molar-refractivity contribution in [2.75, 3.05) is 21.3 Å². The van der Waals surface area contributed by atoms with Crippen LogP contribution in [0, 0.1) is 0 Å². The summed E-state index contributed by atoms with van der Waals surface area (Å²) in [5.74, 6) is 1.19. The van der Waals surface area contributed by atoms with E-state index in [4.69, 9.17) is 44.3 Å². The number of thiophene rings is 1. The van der Waals surface area contributed by atoms with Gasteiger partial charge in [0.25, 0.3) is 0 Å². The third kappa shape index (κ3) is 3.41. The highest BCUT2D eigenvalue weighted by molar-refractivity contribution is 7.20.